The lowest BCUT2D eigenvalue weighted by Gasteiger charge is -2.13. The van der Waals surface area contributed by atoms with Gasteiger partial charge in [-0.1, -0.05) is 11.2 Å². The van der Waals surface area contributed by atoms with Crippen molar-refractivity contribution in [1.29, 1.82) is 0 Å². The minimum Gasteiger partial charge on any atom is -0.495 e. The normalized spacial score (nSPS) is 16.4. The summed E-state index contributed by atoms with van der Waals surface area (Å²) in [6.45, 7) is 0. The Kier molecular flexibility index (Phi) is 3.13. The van der Waals surface area contributed by atoms with Crippen molar-refractivity contribution in [1.82, 2.24) is 5.16 Å². The number of hydrogen-bond donors (Lipinski definition) is 1. The number of ether oxygens (including phenoxy) is 1. The van der Waals surface area contributed by atoms with Gasteiger partial charge in [0.1, 0.15) is 5.75 Å². The highest BCUT2D eigenvalue weighted by Gasteiger charge is 2.29. The smallest absolute Gasteiger partial charge is 0.294 e. The van der Waals surface area contributed by atoms with Crippen LogP contribution in [0.1, 0.15) is 52.6 Å². The molecule has 2 aliphatic carbocycles. The van der Waals surface area contributed by atoms with Gasteiger partial charge in [0.05, 0.1) is 18.5 Å². The Labute approximate surface area is 128 Å². The molecule has 1 fully saturated rings. The number of rotatable bonds is 4. The summed E-state index contributed by atoms with van der Waals surface area (Å²) in [6, 6.07) is 5.74. The van der Waals surface area contributed by atoms with Crippen LogP contribution in [-0.2, 0) is 12.8 Å². The Bertz CT molecular complexity index is 732. The summed E-state index contributed by atoms with van der Waals surface area (Å²) in [5.41, 5.74) is 4.12. The van der Waals surface area contributed by atoms with Crippen LogP contribution >= 0.6 is 0 Å². The average molecular weight is 298 g/mol. The van der Waals surface area contributed by atoms with Gasteiger partial charge in [-0.2, -0.15) is 0 Å². The molecule has 4 rings (SSSR count). The van der Waals surface area contributed by atoms with Crippen molar-refractivity contribution in [3.05, 3.63) is 40.8 Å². The van der Waals surface area contributed by atoms with E-state index in [0.29, 0.717) is 11.7 Å². The molecular formula is C17H18N2O3. The van der Waals surface area contributed by atoms with Gasteiger partial charge in [0.15, 0.2) is 0 Å². The van der Waals surface area contributed by atoms with Gasteiger partial charge < -0.3 is 14.6 Å². The Morgan fingerprint density at radius 3 is 3.00 bits per heavy atom. The Morgan fingerprint density at radius 1 is 1.36 bits per heavy atom. The Hall–Kier alpha value is -2.30. The maximum Gasteiger partial charge on any atom is 0.294 e. The van der Waals surface area contributed by atoms with Gasteiger partial charge in [-0.15, -0.1) is 0 Å². The van der Waals surface area contributed by atoms with E-state index >= 15 is 0 Å². The highest BCUT2D eigenvalue weighted by atomic mass is 16.5. The van der Waals surface area contributed by atoms with Crippen molar-refractivity contribution in [2.75, 3.05) is 12.4 Å². The molecule has 1 aromatic heterocycles. The first kappa shape index (κ1) is 13.4. The van der Waals surface area contributed by atoms with E-state index in [1.165, 1.54) is 11.1 Å². The summed E-state index contributed by atoms with van der Waals surface area (Å²) in [5.74, 6) is 1.16. The van der Waals surface area contributed by atoms with Gasteiger partial charge >= 0.3 is 0 Å². The van der Waals surface area contributed by atoms with Crippen LogP contribution in [0.15, 0.2) is 22.7 Å². The lowest BCUT2D eigenvalue weighted by Crippen LogP contribution is -2.13. The zero-order valence-electron chi connectivity index (χ0n) is 12.5. The Morgan fingerprint density at radius 2 is 2.23 bits per heavy atom. The number of anilines is 1. The molecule has 2 aliphatic rings. The van der Waals surface area contributed by atoms with Crippen molar-refractivity contribution in [2.24, 2.45) is 0 Å². The number of aromatic nitrogens is 1. The fourth-order valence-electron chi connectivity index (χ4n) is 3.09. The second-order valence-corrected chi connectivity index (χ2v) is 5.98. The Balaban J connectivity index is 1.62. The van der Waals surface area contributed by atoms with Crippen molar-refractivity contribution in [3.63, 3.8) is 0 Å². The fraction of sp³-hybridized carbons (Fsp3) is 0.412. The monoisotopic (exact) mass is 298 g/mol. The van der Waals surface area contributed by atoms with Gasteiger partial charge in [-0.3, -0.25) is 4.79 Å². The van der Waals surface area contributed by atoms with Gasteiger partial charge in [0.25, 0.3) is 5.91 Å². The molecule has 1 amide bonds. The van der Waals surface area contributed by atoms with E-state index in [-0.39, 0.29) is 11.7 Å². The van der Waals surface area contributed by atoms with Crippen molar-refractivity contribution in [3.8, 4) is 5.75 Å². The summed E-state index contributed by atoms with van der Waals surface area (Å²) in [7, 11) is 1.62. The number of amides is 1. The molecule has 1 N–H and O–H groups in total. The summed E-state index contributed by atoms with van der Waals surface area (Å²) in [5, 5.41) is 6.94. The van der Waals surface area contributed by atoms with Gasteiger partial charge in [0, 0.05) is 12.0 Å². The van der Waals surface area contributed by atoms with Crippen LogP contribution in [0.4, 0.5) is 5.69 Å². The number of carbonyl (C=O) groups is 1. The summed E-state index contributed by atoms with van der Waals surface area (Å²) >= 11 is 0. The number of fused-ring (bicyclic) bond motifs is 1. The predicted octanol–water partition coefficient (Wildman–Crippen LogP) is 3.30. The molecule has 0 radical (unpaired) electrons. The van der Waals surface area contributed by atoms with Crippen molar-refractivity contribution in [2.45, 2.75) is 38.0 Å². The van der Waals surface area contributed by atoms with Crippen molar-refractivity contribution < 1.29 is 14.1 Å². The average Bonchev–Trinajstić information content (AvgIpc) is 3.07. The van der Waals surface area contributed by atoms with Crippen LogP contribution in [0.25, 0.3) is 0 Å². The number of nitrogens with zero attached hydrogens (tertiary/aromatic N) is 1. The maximum absolute atomic E-state index is 12.4. The van der Waals surface area contributed by atoms with Crippen LogP contribution in [0.2, 0.25) is 0 Å². The maximum atomic E-state index is 12.4. The second kappa shape index (κ2) is 5.16. The van der Waals surface area contributed by atoms with E-state index in [2.05, 4.69) is 16.5 Å². The molecular weight excluding hydrogens is 280 g/mol. The number of hydrogen-bond acceptors (Lipinski definition) is 4. The molecule has 5 heteroatoms. The standard InChI is InChI=1S/C17H18N2O3/c1-21-14-8-7-10-3-2-4-12(10)16(14)18-17(20)15-9-13(19-22-15)11-5-6-11/h7-9,11H,2-6H2,1H3,(H,18,20). The lowest BCUT2D eigenvalue weighted by molar-refractivity contribution is 0.0987. The lowest BCUT2D eigenvalue weighted by atomic mass is 10.1. The number of nitrogens with one attached hydrogen (secondary N) is 1. The molecule has 1 saturated carbocycles. The number of methoxy groups -OCH3 is 1. The minimum absolute atomic E-state index is 0.263. The highest BCUT2D eigenvalue weighted by Crippen LogP contribution is 2.40. The molecule has 1 heterocycles. The molecule has 0 bridgehead atoms. The van der Waals surface area contributed by atoms with Crippen LogP contribution in [0.5, 0.6) is 5.75 Å². The first-order valence-corrected chi connectivity index (χ1v) is 7.73. The summed E-state index contributed by atoms with van der Waals surface area (Å²) < 4.78 is 10.6. The number of benzene rings is 1. The zero-order chi connectivity index (χ0) is 15.1. The first-order valence-electron chi connectivity index (χ1n) is 7.73. The van der Waals surface area contributed by atoms with Crippen molar-refractivity contribution >= 4 is 11.6 Å². The quantitative estimate of drug-likeness (QED) is 0.940. The van der Waals surface area contributed by atoms with E-state index in [4.69, 9.17) is 9.26 Å². The summed E-state index contributed by atoms with van der Waals surface area (Å²) in [4.78, 5) is 12.4. The van der Waals surface area contributed by atoms with E-state index < -0.39 is 0 Å². The fourth-order valence-corrected chi connectivity index (χ4v) is 3.09. The first-order chi connectivity index (χ1) is 10.8. The minimum atomic E-state index is -0.266. The number of carbonyl (C=O) groups excluding carboxylic acids is 1. The SMILES string of the molecule is COc1ccc2c(c1NC(=O)c1cc(C3CC3)no1)CCC2. The summed E-state index contributed by atoms with van der Waals surface area (Å²) in [6.07, 6.45) is 5.39. The molecule has 22 heavy (non-hydrogen) atoms. The third-order valence-electron chi connectivity index (χ3n) is 4.45. The highest BCUT2D eigenvalue weighted by molar-refractivity contribution is 6.03. The van der Waals surface area contributed by atoms with E-state index in [0.717, 1.165) is 43.5 Å². The van der Waals surface area contributed by atoms with Crippen LogP contribution in [0.3, 0.4) is 0 Å². The van der Waals surface area contributed by atoms with Crippen LogP contribution < -0.4 is 10.1 Å². The van der Waals surface area contributed by atoms with Crippen LogP contribution in [0, 0.1) is 0 Å². The molecule has 0 saturated heterocycles. The van der Waals surface area contributed by atoms with Crippen LogP contribution in [-0.4, -0.2) is 18.2 Å². The van der Waals surface area contributed by atoms with E-state index in [1.54, 1.807) is 13.2 Å². The number of aryl methyl sites for hydroxylation is 1. The van der Waals surface area contributed by atoms with E-state index in [9.17, 15) is 4.79 Å². The molecule has 2 aromatic rings. The van der Waals surface area contributed by atoms with Gasteiger partial charge in [-0.05, 0) is 49.3 Å². The van der Waals surface area contributed by atoms with Gasteiger partial charge in [-0.25, -0.2) is 0 Å². The molecule has 1 aromatic carbocycles. The topological polar surface area (TPSA) is 64.4 Å². The van der Waals surface area contributed by atoms with E-state index in [1.807, 2.05) is 6.07 Å². The molecule has 5 nitrogen and oxygen atoms in total. The van der Waals surface area contributed by atoms with Gasteiger partial charge in [0.2, 0.25) is 5.76 Å². The molecule has 0 spiro atoms. The molecule has 114 valence electrons. The molecule has 0 aliphatic heterocycles. The molecule has 0 atom stereocenters. The third kappa shape index (κ3) is 2.26. The third-order valence-corrected chi connectivity index (χ3v) is 4.45. The zero-order valence-corrected chi connectivity index (χ0v) is 12.5. The largest absolute Gasteiger partial charge is 0.495 e. The molecule has 0 unspecified atom stereocenters. The predicted molar refractivity (Wildman–Crippen MR) is 81.5 cm³/mol. The second-order valence-electron chi connectivity index (χ2n) is 5.98.